The van der Waals surface area contributed by atoms with Gasteiger partial charge in [0.1, 0.15) is 4.88 Å². The van der Waals surface area contributed by atoms with Crippen LogP contribution in [-0.2, 0) is 11.8 Å². The molecule has 0 radical (unpaired) electrons. The molecule has 2 heterocycles. The number of rotatable bonds is 5. The van der Waals surface area contributed by atoms with E-state index in [2.05, 4.69) is 25.7 Å². The van der Waals surface area contributed by atoms with Crippen molar-refractivity contribution in [2.45, 2.75) is 32.1 Å². The molecule has 8 heteroatoms. The molecule has 2 aromatic heterocycles. The summed E-state index contributed by atoms with van der Waals surface area (Å²) in [5.74, 6) is 1.05. The maximum absolute atomic E-state index is 12.4. The van der Waals surface area contributed by atoms with E-state index in [1.54, 1.807) is 7.05 Å². The average Bonchev–Trinajstić information content (AvgIpc) is 3.37. The number of carbonyl (C=O) groups excluding carboxylic acids is 1. The van der Waals surface area contributed by atoms with Gasteiger partial charge in [0.05, 0.1) is 12.7 Å². The van der Waals surface area contributed by atoms with E-state index >= 15 is 0 Å². The Labute approximate surface area is 155 Å². The maximum atomic E-state index is 12.4. The Hall–Kier alpha value is -2.61. The molecule has 7 nitrogen and oxygen atoms in total. The Morgan fingerprint density at radius 3 is 2.73 bits per heavy atom. The lowest BCUT2D eigenvalue weighted by Gasteiger charge is -2.07. The molecular weight excluding hydrogens is 348 g/mol. The highest BCUT2D eigenvalue weighted by atomic mass is 32.1. The zero-order chi connectivity index (χ0) is 17.9. The highest BCUT2D eigenvalue weighted by Gasteiger charge is 2.22. The van der Waals surface area contributed by atoms with Crippen molar-refractivity contribution in [3.05, 3.63) is 30.3 Å². The number of tetrazole rings is 1. The first kappa shape index (κ1) is 16.8. The first-order valence-corrected chi connectivity index (χ1v) is 9.61. The Morgan fingerprint density at radius 2 is 2.04 bits per heavy atom. The minimum absolute atomic E-state index is 0.0314. The molecule has 1 N–H and O–H groups in total. The number of hydrogen-bond donors (Lipinski definition) is 1. The number of nitrogens with one attached hydrogen (secondary N) is 1. The number of nitrogens with zero attached hydrogens (tertiary/aromatic N) is 5. The van der Waals surface area contributed by atoms with Gasteiger partial charge < -0.3 is 5.32 Å². The second-order valence-electron chi connectivity index (χ2n) is 6.57. The van der Waals surface area contributed by atoms with Gasteiger partial charge in [-0.05, 0) is 24.0 Å². The van der Waals surface area contributed by atoms with Crippen LogP contribution in [0.3, 0.4) is 0 Å². The third-order valence-electron chi connectivity index (χ3n) is 4.58. The van der Waals surface area contributed by atoms with Crippen LogP contribution in [-0.4, -0.2) is 31.1 Å². The number of amides is 1. The number of anilines is 1. The fourth-order valence-corrected chi connectivity index (χ4v) is 4.27. The summed E-state index contributed by atoms with van der Waals surface area (Å²) in [6, 6.07) is 9.85. The van der Waals surface area contributed by atoms with E-state index in [-0.39, 0.29) is 5.91 Å². The van der Waals surface area contributed by atoms with Gasteiger partial charge in [-0.15, -0.1) is 10.2 Å². The molecule has 1 aromatic carbocycles. The van der Waals surface area contributed by atoms with Crippen molar-refractivity contribution in [2.24, 2.45) is 13.0 Å². The standard InChI is InChI=1S/C18H20N6OS/c1-24-22-17(21-23-24)16-15(13-9-3-2-4-10-13)20-18(26-16)19-14(25)11-12-7-5-6-8-12/h2-4,9-10,12H,5-8,11H2,1H3,(H,19,20,25). The van der Waals surface area contributed by atoms with Gasteiger partial charge in [0.2, 0.25) is 11.7 Å². The van der Waals surface area contributed by atoms with Gasteiger partial charge >= 0.3 is 0 Å². The maximum Gasteiger partial charge on any atom is 0.226 e. The highest BCUT2D eigenvalue weighted by Crippen LogP contribution is 2.37. The van der Waals surface area contributed by atoms with Crippen LogP contribution in [0, 0.1) is 5.92 Å². The van der Waals surface area contributed by atoms with Crippen molar-refractivity contribution in [1.29, 1.82) is 0 Å². The van der Waals surface area contributed by atoms with Crippen molar-refractivity contribution in [3.8, 4) is 22.0 Å². The van der Waals surface area contributed by atoms with Crippen molar-refractivity contribution < 1.29 is 4.79 Å². The second kappa shape index (κ2) is 7.33. The molecule has 3 aromatic rings. The van der Waals surface area contributed by atoms with Gasteiger partial charge in [-0.1, -0.05) is 54.5 Å². The van der Waals surface area contributed by atoms with E-state index in [0.29, 0.717) is 23.3 Å². The van der Waals surface area contributed by atoms with E-state index in [9.17, 15) is 4.79 Å². The van der Waals surface area contributed by atoms with Crippen LogP contribution >= 0.6 is 11.3 Å². The van der Waals surface area contributed by atoms with Crippen molar-refractivity contribution in [1.82, 2.24) is 25.2 Å². The predicted molar refractivity (Wildman–Crippen MR) is 101 cm³/mol. The first-order valence-electron chi connectivity index (χ1n) is 8.79. The molecule has 1 aliphatic carbocycles. The van der Waals surface area contributed by atoms with Crippen LogP contribution < -0.4 is 5.32 Å². The Kier molecular flexibility index (Phi) is 4.75. The molecule has 1 saturated carbocycles. The summed E-state index contributed by atoms with van der Waals surface area (Å²) in [5.41, 5.74) is 1.72. The number of hydrogen-bond acceptors (Lipinski definition) is 6. The zero-order valence-corrected chi connectivity index (χ0v) is 15.4. The fraction of sp³-hybridized carbons (Fsp3) is 0.389. The predicted octanol–water partition coefficient (Wildman–Crippen LogP) is 3.52. The minimum Gasteiger partial charge on any atom is -0.302 e. The van der Waals surface area contributed by atoms with Crippen LogP contribution in [0.4, 0.5) is 5.13 Å². The quantitative estimate of drug-likeness (QED) is 0.745. The van der Waals surface area contributed by atoms with E-state index in [1.807, 2.05) is 30.3 Å². The SMILES string of the molecule is Cn1nnc(-c2sc(NC(=O)CC3CCCC3)nc2-c2ccccc2)n1. The summed E-state index contributed by atoms with van der Waals surface area (Å²) in [7, 11) is 1.73. The lowest BCUT2D eigenvalue weighted by molar-refractivity contribution is -0.117. The molecule has 0 saturated heterocycles. The third-order valence-corrected chi connectivity index (χ3v) is 5.55. The lowest BCUT2D eigenvalue weighted by Crippen LogP contribution is -2.14. The van der Waals surface area contributed by atoms with Gasteiger partial charge in [0.15, 0.2) is 5.13 Å². The Balaban J connectivity index is 1.61. The number of carbonyl (C=O) groups is 1. The van der Waals surface area contributed by atoms with Gasteiger partial charge in [0.25, 0.3) is 0 Å². The molecule has 0 atom stereocenters. The van der Waals surface area contributed by atoms with Gasteiger partial charge in [-0.25, -0.2) is 4.98 Å². The molecular formula is C18H20N6OS. The molecule has 0 unspecified atom stereocenters. The van der Waals surface area contributed by atoms with E-state index < -0.39 is 0 Å². The van der Waals surface area contributed by atoms with E-state index in [4.69, 9.17) is 0 Å². The second-order valence-corrected chi connectivity index (χ2v) is 7.57. The molecule has 0 spiro atoms. The fourth-order valence-electron chi connectivity index (χ4n) is 3.34. The van der Waals surface area contributed by atoms with Gasteiger partial charge in [-0.2, -0.15) is 4.80 Å². The van der Waals surface area contributed by atoms with Crippen LogP contribution in [0.15, 0.2) is 30.3 Å². The van der Waals surface area contributed by atoms with Crippen LogP contribution in [0.2, 0.25) is 0 Å². The van der Waals surface area contributed by atoms with Gasteiger partial charge in [0, 0.05) is 12.0 Å². The summed E-state index contributed by atoms with van der Waals surface area (Å²) in [6.45, 7) is 0. The normalized spacial score (nSPS) is 14.7. The monoisotopic (exact) mass is 368 g/mol. The van der Waals surface area contributed by atoms with E-state index in [1.165, 1.54) is 29.0 Å². The molecule has 0 aliphatic heterocycles. The van der Waals surface area contributed by atoms with Crippen LogP contribution in [0.1, 0.15) is 32.1 Å². The number of benzene rings is 1. The summed E-state index contributed by atoms with van der Waals surface area (Å²) in [6.07, 6.45) is 5.33. The van der Waals surface area contributed by atoms with Crippen molar-refractivity contribution in [3.63, 3.8) is 0 Å². The zero-order valence-electron chi connectivity index (χ0n) is 14.6. The van der Waals surface area contributed by atoms with Gasteiger partial charge in [-0.3, -0.25) is 4.79 Å². The van der Waals surface area contributed by atoms with Crippen molar-refractivity contribution >= 4 is 22.4 Å². The molecule has 1 fully saturated rings. The Morgan fingerprint density at radius 1 is 1.27 bits per heavy atom. The Bertz CT molecular complexity index is 898. The molecule has 0 bridgehead atoms. The molecule has 134 valence electrons. The topological polar surface area (TPSA) is 85.6 Å². The number of aromatic nitrogens is 5. The smallest absolute Gasteiger partial charge is 0.226 e. The van der Waals surface area contributed by atoms with Crippen molar-refractivity contribution in [2.75, 3.05) is 5.32 Å². The van der Waals surface area contributed by atoms with E-state index in [0.717, 1.165) is 29.0 Å². The minimum atomic E-state index is 0.0314. The van der Waals surface area contributed by atoms with Crippen LogP contribution in [0.5, 0.6) is 0 Å². The molecule has 1 aliphatic rings. The summed E-state index contributed by atoms with van der Waals surface area (Å²) in [5, 5.41) is 15.9. The first-order chi connectivity index (χ1) is 12.7. The van der Waals surface area contributed by atoms with Crippen LogP contribution in [0.25, 0.3) is 22.0 Å². The summed E-state index contributed by atoms with van der Waals surface area (Å²) >= 11 is 1.39. The number of thiazole rings is 1. The summed E-state index contributed by atoms with van der Waals surface area (Å²) in [4.78, 5) is 19.2. The highest BCUT2D eigenvalue weighted by molar-refractivity contribution is 7.19. The molecule has 26 heavy (non-hydrogen) atoms. The largest absolute Gasteiger partial charge is 0.302 e. The number of aryl methyl sites for hydroxylation is 1. The molecule has 1 amide bonds. The lowest BCUT2D eigenvalue weighted by atomic mass is 10.0. The summed E-state index contributed by atoms with van der Waals surface area (Å²) < 4.78 is 0. The average molecular weight is 368 g/mol. The third kappa shape index (κ3) is 3.65. The molecule has 4 rings (SSSR count).